The second-order valence-corrected chi connectivity index (χ2v) is 4.63. The van der Waals surface area contributed by atoms with Gasteiger partial charge in [0.25, 0.3) is 0 Å². The lowest BCUT2D eigenvalue weighted by molar-refractivity contribution is 0.0998. The largest absolute Gasteiger partial charge is 0.380 e. The van der Waals surface area contributed by atoms with Gasteiger partial charge in [-0.2, -0.15) is 0 Å². The average Bonchev–Trinajstić information content (AvgIpc) is 2.68. The number of nitrogens with one attached hydrogen (secondary N) is 1. The Morgan fingerprint density at radius 1 is 1.40 bits per heavy atom. The van der Waals surface area contributed by atoms with Crippen LogP contribution in [0.15, 0.2) is 0 Å². The van der Waals surface area contributed by atoms with Crippen molar-refractivity contribution in [2.75, 3.05) is 32.9 Å². The number of hydrogen-bond donors (Lipinski definition) is 1. The number of rotatable bonds is 8. The van der Waals surface area contributed by atoms with E-state index in [4.69, 9.17) is 9.47 Å². The number of ether oxygens (including phenoxy) is 2. The lowest BCUT2D eigenvalue weighted by atomic mass is 10.1. The Hall–Kier alpha value is -0.120. The average molecular weight is 215 g/mol. The molecule has 1 atom stereocenters. The van der Waals surface area contributed by atoms with Crippen LogP contribution in [0.4, 0.5) is 0 Å². The van der Waals surface area contributed by atoms with Crippen molar-refractivity contribution in [2.45, 2.75) is 39.2 Å². The second-order valence-electron chi connectivity index (χ2n) is 4.63. The summed E-state index contributed by atoms with van der Waals surface area (Å²) in [6.07, 6.45) is 4.03. The lowest BCUT2D eigenvalue weighted by Crippen LogP contribution is -2.29. The summed E-state index contributed by atoms with van der Waals surface area (Å²) in [4.78, 5) is 0. The van der Waals surface area contributed by atoms with Crippen molar-refractivity contribution >= 4 is 0 Å². The van der Waals surface area contributed by atoms with Crippen LogP contribution >= 0.6 is 0 Å². The van der Waals surface area contributed by atoms with Gasteiger partial charge < -0.3 is 14.8 Å². The standard InChI is InChI=1S/C12H25NO2/c1-11(2)5-8-14-9-6-13-10-12-4-3-7-15-12/h11-13H,3-10H2,1-2H3. The minimum absolute atomic E-state index is 0.445. The van der Waals surface area contributed by atoms with Gasteiger partial charge in [0.2, 0.25) is 0 Å². The molecule has 0 aromatic carbocycles. The summed E-state index contributed by atoms with van der Waals surface area (Å²) in [6, 6.07) is 0. The summed E-state index contributed by atoms with van der Waals surface area (Å²) in [5.41, 5.74) is 0. The van der Waals surface area contributed by atoms with Crippen molar-refractivity contribution in [3.63, 3.8) is 0 Å². The fraction of sp³-hybridized carbons (Fsp3) is 1.00. The van der Waals surface area contributed by atoms with E-state index in [0.29, 0.717) is 6.10 Å². The normalized spacial score (nSPS) is 21.4. The van der Waals surface area contributed by atoms with Gasteiger partial charge in [0.1, 0.15) is 0 Å². The smallest absolute Gasteiger partial charge is 0.0700 e. The first-order chi connectivity index (χ1) is 7.29. The maximum atomic E-state index is 5.51. The van der Waals surface area contributed by atoms with Crippen LogP contribution in [0.5, 0.6) is 0 Å². The Morgan fingerprint density at radius 3 is 2.93 bits per heavy atom. The topological polar surface area (TPSA) is 30.5 Å². The van der Waals surface area contributed by atoms with Gasteiger partial charge in [0.15, 0.2) is 0 Å². The molecule has 1 N–H and O–H groups in total. The van der Waals surface area contributed by atoms with E-state index in [0.717, 1.165) is 45.2 Å². The summed E-state index contributed by atoms with van der Waals surface area (Å²) >= 11 is 0. The Kier molecular flexibility index (Phi) is 6.98. The molecule has 0 saturated carbocycles. The van der Waals surface area contributed by atoms with Crippen LogP contribution in [-0.2, 0) is 9.47 Å². The van der Waals surface area contributed by atoms with Gasteiger partial charge >= 0.3 is 0 Å². The van der Waals surface area contributed by atoms with Gasteiger partial charge in [0, 0.05) is 26.3 Å². The molecule has 1 rings (SSSR count). The van der Waals surface area contributed by atoms with E-state index in [1.807, 2.05) is 0 Å². The van der Waals surface area contributed by atoms with E-state index in [9.17, 15) is 0 Å². The van der Waals surface area contributed by atoms with Gasteiger partial charge in [-0.1, -0.05) is 13.8 Å². The van der Waals surface area contributed by atoms with Crippen LogP contribution in [0.2, 0.25) is 0 Å². The predicted octanol–water partition coefficient (Wildman–Crippen LogP) is 1.82. The summed E-state index contributed by atoms with van der Waals surface area (Å²) < 4.78 is 11.0. The summed E-state index contributed by atoms with van der Waals surface area (Å²) in [7, 11) is 0. The Balaban J connectivity index is 1.76. The van der Waals surface area contributed by atoms with Crippen LogP contribution in [0.25, 0.3) is 0 Å². The van der Waals surface area contributed by atoms with Gasteiger partial charge in [0.05, 0.1) is 12.7 Å². The molecule has 0 amide bonds. The molecule has 0 radical (unpaired) electrons. The predicted molar refractivity (Wildman–Crippen MR) is 62.1 cm³/mol. The van der Waals surface area contributed by atoms with Crippen molar-refractivity contribution in [2.24, 2.45) is 5.92 Å². The minimum atomic E-state index is 0.445. The first-order valence-corrected chi connectivity index (χ1v) is 6.19. The molecule has 1 heterocycles. The van der Waals surface area contributed by atoms with E-state index in [2.05, 4.69) is 19.2 Å². The van der Waals surface area contributed by atoms with E-state index in [1.54, 1.807) is 0 Å². The van der Waals surface area contributed by atoms with Gasteiger partial charge in [-0.05, 0) is 25.2 Å². The molecular weight excluding hydrogens is 190 g/mol. The highest BCUT2D eigenvalue weighted by atomic mass is 16.5. The van der Waals surface area contributed by atoms with Gasteiger partial charge in [-0.3, -0.25) is 0 Å². The van der Waals surface area contributed by atoms with Gasteiger partial charge in [-0.15, -0.1) is 0 Å². The maximum absolute atomic E-state index is 5.51. The van der Waals surface area contributed by atoms with Crippen molar-refractivity contribution in [1.82, 2.24) is 5.32 Å². The third-order valence-corrected chi connectivity index (χ3v) is 2.66. The molecule has 0 aromatic rings. The SMILES string of the molecule is CC(C)CCOCCNCC1CCCO1. The first-order valence-electron chi connectivity index (χ1n) is 6.19. The zero-order valence-electron chi connectivity index (χ0n) is 10.1. The van der Waals surface area contributed by atoms with Gasteiger partial charge in [-0.25, -0.2) is 0 Å². The fourth-order valence-electron chi connectivity index (χ4n) is 1.63. The molecule has 1 saturated heterocycles. The van der Waals surface area contributed by atoms with Crippen molar-refractivity contribution in [3.8, 4) is 0 Å². The van der Waals surface area contributed by atoms with E-state index in [-0.39, 0.29) is 0 Å². The van der Waals surface area contributed by atoms with Crippen LogP contribution in [0, 0.1) is 5.92 Å². The second kappa shape index (κ2) is 8.08. The first kappa shape index (κ1) is 12.9. The number of hydrogen-bond acceptors (Lipinski definition) is 3. The van der Waals surface area contributed by atoms with Crippen LogP contribution < -0.4 is 5.32 Å². The van der Waals surface area contributed by atoms with E-state index >= 15 is 0 Å². The molecule has 0 bridgehead atoms. The van der Waals surface area contributed by atoms with Crippen molar-refractivity contribution in [3.05, 3.63) is 0 Å². The van der Waals surface area contributed by atoms with Crippen LogP contribution in [-0.4, -0.2) is 39.0 Å². The van der Waals surface area contributed by atoms with Crippen LogP contribution in [0.3, 0.4) is 0 Å². The molecule has 0 aliphatic carbocycles. The van der Waals surface area contributed by atoms with Crippen LogP contribution in [0.1, 0.15) is 33.1 Å². The molecule has 1 aliphatic rings. The molecule has 3 nitrogen and oxygen atoms in total. The Morgan fingerprint density at radius 2 is 2.27 bits per heavy atom. The van der Waals surface area contributed by atoms with E-state index in [1.165, 1.54) is 12.8 Å². The molecule has 3 heteroatoms. The summed E-state index contributed by atoms with van der Waals surface area (Å²) in [5.74, 6) is 0.741. The highest BCUT2D eigenvalue weighted by molar-refractivity contribution is 4.66. The molecule has 15 heavy (non-hydrogen) atoms. The van der Waals surface area contributed by atoms with Crippen molar-refractivity contribution in [1.29, 1.82) is 0 Å². The fourth-order valence-corrected chi connectivity index (χ4v) is 1.63. The Labute approximate surface area is 93.5 Å². The van der Waals surface area contributed by atoms with E-state index < -0.39 is 0 Å². The highest BCUT2D eigenvalue weighted by Crippen LogP contribution is 2.10. The molecular formula is C12H25NO2. The molecule has 1 aliphatic heterocycles. The molecule has 90 valence electrons. The third kappa shape index (κ3) is 6.88. The highest BCUT2D eigenvalue weighted by Gasteiger charge is 2.13. The maximum Gasteiger partial charge on any atom is 0.0700 e. The zero-order chi connectivity index (χ0) is 10.9. The summed E-state index contributed by atoms with van der Waals surface area (Å²) in [5, 5.41) is 3.37. The minimum Gasteiger partial charge on any atom is -0.380 e. The molecule has 1 fully saturated rings. The van der Waals surface area contributed by atoms with Crippen molar-refractivity contribution < 1.29 is 9.47 Å². The quantitative estimate of drug-likeness (QED) is 0.626. The molecule has 0 spiro atoms. The Bertz CT molecular complexity index is 145. The third-order valence-electron chi connectivity index (χ3n) is 2.66. The zero-order valence-corrected chi connectivity index (χ0v) is 10.1. The monoisotopic (exact) mass is 215 g/mol. The lowest BCUT2D eigenvalue weighted by Gasteiger charge is -2.11. The molecule has 0 aromatic heterocycles. The molecule has 1 unspecified atom stereocenters. The summed E-state index contributed by atoms with van der Waals surface area (Å²) in [6.45, 7) is 9.01.